The van der Waals surface area contributed by atoms with Gasteiger partial charge in [0.15, 0.2) is 0 Å². The first-order valence-corrected chi connectivity index (χ1v) is 5.62. The molecule has 0 aromatic heterocycles. The molecule has 2 atom stereocenters. The Kier molecular flexibility index (Phi) is 4.39. The summed E-state index contributed by atoms with van der Waals surface area (Å²) in [7, 11) is 0. The normalized spacial score (nSPS) is 26.0. The average Bonchev–Trinajstić information content (AvgIpc) is 2.16. The minimum Gasteiger partial charge on any atom is -0.481 e. The van der Waals surface area contributed by atoms with Gasteiger partial charge in [0, 0.05) is 12.1 Å². The number of nitrogens with zero attached hydrogens (tertiary/aromatic N) is 1. The van der Waals surface area contributed by atoms with Gasteiger partial charge >= 0.3 is 5.97 Å². The second-order valence-corrected chi connectivity index (χ2v) is 4.24. The molecule has 0 aromatic rings. The van der Waals surface area contributed by atoms with E-state index >= 15 is 0 Å². The van der Waals surface area contributed by atoms with Crippen molar-refractivity contribution in [2.45, 2.75) is 58.0 Å². The summed E-state index contributed by atoms with van der Waals surface area (Å²) in [5.41, 5.74) is 0. The van der Waals surface area contributed by atoms with Crippen LogP contribution in [0.5, 0.6) is 0 Å². The van der Waals surface area contributed by atoms with Gasteiger partial charge in [0.05, 0.1) is 6.42 Å². The fraction of sp³-hybridized carbons (Fsp3) is 0.909. The molecule has 1 aliphatic heterocycles. The lowest BCUT2D eigenvalue weighted by molar-refractivity contribution is -0.139. The summed E-state index contributed by atoms with van der Waals surface area (Å²) >= 11 is 0. The summed E-state index contributed by atoms with van der Waals surface area (Å²) < 4.78 is 0. The van der Waals surface area contributed by atoms with E-state index in [0.717, 1.165) is 19.4 Å². The lowest BCUT2D eigenvalue weighted by Crippen LogP contribution is -2.45. The highest BCUT2D eigenvalue weighted by atomic mass is 16.4. The molecule has 0 aliphatic carbocycles. The van der Waals surface area contributed by atoms with Crippen LogP contribution in [-0.2, 0) is 4.79 Å². The third kappa shape index (κ3) is 2.98. The van der Waals surface area contributed by atoms with E-state index in [-0.39, 0.29) is 6.04 Å². The van der Waals surface area contributed by atoms with Crippen molar-refractivity contribution in [3.63, 3.8) is 0 Å². The van der Waals surface area contributed by atoms with Crippen molar-refractivity contribution in [3.8, 4) is 0 Å². The van der Waals surface area contributed by atoms with E-state index in [1.165, 1.54) is 12.8 Å². The van der Waals surface area contributed by atoms with Crippen molar-refractivity contribution < 1.29 is 9.90 Å². The maximum atomic E-state index is 10.7. The van der Waals surface area contributed by atoms with Crippen molar-refractivity contribution in [3.05, 3.63) is 0 Å². The zero-order valence-corrected chi connectivity index (χ0v) is 9.20. The quantitative estimate of drug-likeness (QED) is 0.754. The molecule has 1 aliphatic rings. The van der Waals surface area contributed by atoms with E-state index in [2.05, 4.69) is 18.7 Å². The number of hydrogen-bond donors (Lipinski definition) is 1. The predicted molar refractivity (Wildman–Crippen MR) is 56.4 cm³/mol. The monoisotopic (exact) mass is 199 g/mol. The first-order valence-electron chi connectivity index (χ1n) is 5.62. The first-order chi connectivity index (χ1) is 6.65. The van der Waals surface area contributed by atoms with E-state index < -0.39 is 5.97 Å². The summed E-state index contributed by atoms with van der Waals surface area (Å²) in [5.74, 6) is -0.662. The van der Waals surface area contributed by atoms with Crippen LogP contribution in [0, 0.1) is 0 Å². The smallest absolute Gasteiger partial charge is 0.304 e. The molecule has 1 saturated heterocycles. The number of hydrogen-bond acceptors (Lipinski definition) is 2. The summed E-state index contributed by atoms with van der Waals surface area (Å²) in [4.78, 5) is 13.1. The molecule has 0 saturated carbocycles. The standard InChI is InChI=1S/C11H21NO2/c1-3-9(2)12-7-5-4-6-10(12)8-11(13)14/h9-10H,3-8H2,1-2H3,(H,13,14). The number of carboxylic acid groups (broad SMARTS) is 1. The molecule has 1 rings (SSSR count). The highest BCUT2D eigenvalue weighted by molar-refractivity contribution is 5.67. The highest BCUT2D eigenvalue weighted by Gasteiger charge is 2.27. The van der Waals surface area contributed by atoms with Gasteiger partial charge in [-0.2, -0.15) is 0 Å². The zero-order valence-electron chi connectivity index (χ0n) is 9.20. The third-order valence-corrected chi connectivity index (χ3v) is 3.24. The van der Waals surface area contributed by atoms with Crippen LogP contribution in [-0.4, -0.2) is 34.6 Å². The van der Waals surface area contributed by atoms with Crippen molar-refractivity contribution in [1.29, 1.82) is 0 Å². The Balaban J connectivity index is 2.54. The molecular weight excluding hydrogens is 178 g/mol. The molecule has 1 N–H and O–H groups in total. The number of aliphatic carboxylic acids is 1. The molecular formula is C11H21NO2. The van der Waals surface area contributed by atoms with Crippen LogP contribution in [0.2, 0.25) is 0 Å². The molecule has 3 heteroatoms. The zero-order chi connectivity index (χ0) is 10.6. The van der Waals surface area contributed by atoms with Gasteiger partial charge in [0.1, 0.15) is 0 Å². The number of likely N-dealkylation sites (tertiary alicyclic amines) is 1. The second kappa shape index (κ2) is 5.35. The molecule has 3 nitrogen and oxygen atoms in total. The Morgan fingerprint density at radius 3 is 2.86 bits per heavy atom. The topological polar surface area (TPSA) is 40.5 Å². The first kappa shape index (κ1) is 11.5. The molecule has 1 heterocycles. The Bertz CT molecular complexity index is 194. The maximum absolute atomic E-state index is 10.7. The van der Waals surface area contributed by atoms with Crippen molar-refractivity contribution in [2.24, 2.45) is 0 Å². The lowest BCUT2D eigenvalue weighted by atomic mass is 9.97. The van der Waals surface area contributed by atoms with Crippen LogP contribution in [0.15, 0.2) is 0 Å². The predicted octanol–water partition coefficient (Wildman–Crippen LogP) is 2.11. The van der Waals surface area contributed by atoms with Crippen molar-refractivity contribution >= 4 is 5.97 Å². The number of piperidine rings is 1. The molecule has 0 aromatic carbocycles. The molecule has 0 spiro atoms. The minimum absolute atomic E-state index is 0.274. The lowest BCUT2D eigenvalue weighted by Gasteiger charge is -2.39. The van der Waals surface area contributed by atoms with E-state index in [9.17, 15) is 4.79 Å². The number of rotatable bonds is 4. The minimum atomic E-state index is -0.662. The summed E-state index contributed by atoms with van der Waals surface area (Å²) in [5, 5.41) is 8.81. The van der Waals surface area contributed by atoms with Gasteiger partial charge in [-0.05, 0) is 32.7 Å². The molecule has 0 radical (unpaired) electrons. The summed E-state index contributed by atoms with van der Waals surface area (Å²) in [6, 6.07) is 0.802. The van der Waals surface area contributed by atoms with Crippen LogP contribution in [0.1, 0.15) is 46.0 Å². The SMILES string of the molecule is CCC(C)N1CCCCC1CC(=O)O. The summed E-state index contributed by atoms with van der Waals surface area (Å²) in [6.45, 7) is 5.43. The Labute approximate surface area is 86.1 Å². The Hall–Kier alpha value is -0.570. The number of carbonyl (C=O) groups is 1. The van der Waals surface area contributed by atoms with E-state index in [1.54, 1.807) is 0 Å². The van der Waals surface area contributed by atoms with Crippen molar-refractivity contribution in [1.82, 2.24) is 4.90 Å². The molecule has 82 valence electrons. The average molecular weight is 199 g/mol. The van der Waals surface area contributed by atoms with Crippen LogP contribution < -0.4 is 0 Å². The van der Waals surface area contributed by atoms with Crippen molar-refractivity contribution in [2.75, 3.05) is 6.54 Å². The van der Waals surface area contributed by atoms with E-state index in [1.807, 2.05) is 0 Å². The highest BCUT2D eigenvalue weighted by Crippen LogP contribution is 2.22. The van der Waals surface area contributed by atoms with Gasteiger partial charge in [-0.15, -0.1) is 0 Å². The molecule has 1 fully saturated rings. The molecule has 14 heavy (non-hydrogen) atoms. The van der Waals surface area contributed by atoms with E-state index in [4.69, 9.17) is 5.11 Å². The Morgan fingerprint density at radius 2 is 2.29 bits per heavy atom. The fourth-order valence-electron chi connectivity index (χ4n) is 2.26. The largest absolute Gasteiger partial charge is 0.481 e. The van der Waals surface area contributed by atoms with Gasteiger partial charge in [0.25, 0.3) is 0 Å². The maximum Gasteiger partial charge on any atom is 0.304 e. The van der Waals surface area contributed by atoms with Crippen LogP contribution in [0.4, 0.5) is 0 Å². The summed E-state index contributed by atoms with van der Waals surface area (Å²) in [6.07, 6.45) is 4.88. The molecule has 2 unspecified atom stereocenters. The van der Waals surface area contributed by atoms with Gasteiger partial charge in [-0.1, -0.05) is 13.3 Å². The molecule has 0 amide bonds. The van der Waals surface area contributed by atoms with Crippen LogP contribution >= 0.6 is 0 Å². The van der Waals surface area contributed by atoms with E-state index in [0.29, 0.717) is 12.5 Å². The fourth-order valence-corrected chi connectivity index (χ4v) is 2.26. The van der Waals surface area contributed by atoms with Crippen LogP contribution in [0.25, 0.3) is 0 Å². The van der Waals surface area contributed by atoms with Gasteiger partial charge in [0.2, 0.25) is 0 Å². The van der Waals surface area contributed by atoms with Crippen LogP contribution in [0.3, 0.4) is 0 Å². The Morgan fingerprint density at radius 1 is 1.57 bits per heavy atom. The van der Waals surface area contributed by atoms with Gasteiger partial charge < -0.3 is 5.11 Å². The third-order valence-electron chi connectivity index (χ3n) is 3.24. The second-order valence-electron chi connectivity index (χ2n) is 4.24. The van der Waals surface area contributed by atoms with Gasteiger partial charge in [-0.3, -0.25) is 9.69 Å². The molecule has 0 bridgehead atoms. The van der Waals surface area contributed by atoms with Gasteiger partial charge in [-0.25, -0.2) is 0 Å². The number of carboxylic acids is 1.